The van der Waals surface area contributed by atoms with Gasteiger partial charge in [-0.3, -0.25) is 4.68 Å². The molecule has 1 aromatic rings. The van der Waals surface area contributed by atoms with E-state index in [0.29, 0.717) is 12.1 Å². The maximum atomic E-state index is 4.69. The molecule has 0 spiro atoms. The second-order valence-corrected chi connectivity index (χ2v) is 6.56. The zero-order chi connectivity index (χ0) is 14.3. The van der Waals surface area contributed by atoms with Gasteiger partial charge in [-0.1, -0.05) is 6.92 Å². The highest BCUT2D eigenvalue weighted by molar-refractivity contribution is 5.53. The first-order valence-electron chi connectivity index (χ1n) is 8.16. The summed E-state index contributed by atoms with van der Waals surface area (Å²) in [6.45, 7) is 7.78. The number of nitrogens with one attached hydrogen (secondary N) is 1. The van der Waals surface area contributed by atoms with Gasteiger partial charge in [-0.2, -0.15) is 5.10 Å². The third-order valence-corrected chi connectivity index (χ3v) is 4.96. The molecule has 2 unspecified atom stereocenters. The van der Waals surface area contributed by atoms with Crippen LogP contribution in [0.3, 0.4) is 0 Å². The molecule has 3 rings (SSSR count). The Hall–Kier alpha value is -1.03. The van der Waals surface area contributed by atoms with Crippen LogP contribution in [0.25, 0.3) is 0 Å². The molecule has 112 valence electrons. The van der Waals surface area contributed by atoms with E-state index in [1.54, 1.807) is 0 Å². The van der Waals surface area contributed by atoms with Crippen molar-refractivity contribution in [2.75, 3.05) is 4.90 Å². The summed E-state index contributed by atoms with van der Waals surface area (Å²) in [6.07, 6.45) is 6.53. The Morgan fingerprint density at radius 2 is 2.00 bits per heavy atom. The van der Waals surface area contributed by atoms with E-state index in [9.17, 15) is 0 Å². The third kappa shape index (κ3) is 2.46. The lowest BCUT2D eigenvalue weighted by atomic mass is 10.1. The van der Waals surface area contributed by atoms with Crippen molar-refractivity contribution >= 4 is 5.82 Å². The summed E-state index contributed by atoms with van der Waals surface area (Å²) in [7, 11) is 2.10. The van der Waals surface area contributed by atoms with Crippen LogP contribution >= 0.6 is 0 Å². The zero-order valence-corrected chi connectivity index (χ0v) is 13.3. The second-order valence-electron chi connectivity index (χ2n) is 6.56. The molecule has 2 aliphatic rings. The SMILES string of the molecule is CCC1CCC(C)N1c1c(CNC2CC2)c(C)nn1C. The van der Waals surface area contributed by atoms with Gasteiger partial charge in [0.1, 0.15) is 5.82 Å². The fourth-order valence-electron chi connectivity index (χ4n) is 3.61. The van der Waals surface area contributed by atoms with Crippen LogP contribution in [-0.2, 0) is 13.6 Å². The number of hydrogen-bond acceptors (Lipinski definition) is 3. The quantitative estimate of drug-likeness (QED) is 0.897. The number of nitrogens with zero attached hydrogens (tertiary/aromatic N) is 3. The fourth-order valence-corrected chi connectivity index (χ4v) is 3.61. The van der Waals surface area contributed by atoms with Crippen LogP contribution in [0.2, 0.25) is 0 Å². The van der Waals surface area contributed by atoms with Crippen molar-refractivity contribution in [3.8, 4) is 0 Å². The van der Waals surface area contributed by atoms with E-state index in [1.807, 2.05) is 0 Å². The minimum absolute atomic E-state index is 0.634. The molecule has 2 heterocycles. The fraction of sp³-hybridized carbons (Fsp3) is 0.812. The molecule has 2 fully saturated rings. The summed E-state index contributed by atoms with van der Waals surface area (Å²) in [6, 6.07) is 2.06. The Labute approximate surface area is 122 Å². The van der Waals surface area contributed by atoms with Gasteiger partial charge in [-0.15, -0.1) is 0 Å². The second kappa shape index (κ2) is 5.40. The number of aryl methyl sites for hydroxylation is 2. The van der Waals surface area contributed by atoms with Crippen molar-refractivity contribution in [2.45, 2.75) is 77.5 Å². The largest absolute Gasteiger partial charge is 0.351 e. The van der Waals surface area contributed by atoms with Gasteiger partial charge >= 0.3 is 0 Å². The molecule has 0 aromatic carbocycles. The van der Waals surface area contributed by atoms with Gasteiger partial charge in [0, 0.05) is 37.3 Å². The smallest absolute Gasteiger partial charge is 0.131 e. The van der Waals surface area contributed by atoms with Crippen LogP contribution in [0.5, 0.6) is 0 Å². The lowest BCUT2D eigenvalue weighted by Crippen LogP contribution is -2.36. The maximum Gasteiger partial charge on any atom is 0.131 e. The monoisotopic (exact) mass is 276 g/mol. The Morgan fingerprint density at radius 1 is 1.25 bits per heavy atom. The maximum absolute atomic E-state index is 4.69. The van der Waals surface area contributed by atoms with Crippen LogP contribution < -0.4 is 10.2 Å². The average molecular weight is 276 g/mol. The average Bonchev–Trinajstić information content (AvgIpc) is 3.11. The van der Waals surface area contributed by atoms with E-state index in [-0.39, 0.29) is 0 Å². The van der Waals surface area contributed by atoms with Crippen molar-refractivity contribution in [1.82, 2.24) is 15.1 Å². The summed E-state index contributed by atoms with van der Waals surface area (Å²) in [5, 5.41) is 8.35. The summed E-state index contributed by atoms with van der Waals surface area (Å²) in [4.78, 5) is 2.63. The topological polar surface area (TPSA) is 33.1 Å². The zero-order valence-electron chi connectivity index (χ0n) is 13.3. The number of aromatic nitrogens is 2. The number of rotatable bonds is 5. The Morgan fingerprint density at radius 3 is 2.65 bits per heavy atom. The molecular weight excluding hydrogens is 248 g/mol. The molecule has 0 bridgehead atoms. The van der Waals surface area contributed by atoms with Crippen LogP contribution in [-0.4, -0.2) is 27.9 Å². The highest BCUT2D eigenvalue weighted by Gasteiger charge is 2.34. The van der Waals surface area contributed by atoms with E-state index < -0.39 is 0 Å². The molecule has 1 N–H and O–H groups in total. The van der Waals surface area contributed by atoms with Gasteiger partial charge in [0.05, 0.1) is 5.69 Å². The van der Waals surface area contributed by atoms with Crippen LogP contribution in [0, 0.1) is 6.92 Å². The Bertz CT molecular complexity index is 475. The van der Waals surface area contributed by atoms with Gasteiger partial charge in [-0.05, 0) is 46.0 Å². The lowest BCUT2D eigenvalue weighted by molar-refractivity contribution is 0.592. The molecule has 20 heavy (non-hydrogen) atoms. The van der Waals surface area contributed by atoms with Gasteiger partial charge < -0.3 is 10.2 Å². The van der Waals surface area contributed by atoms with E-state index in [0.717, 1.165) is 12.6 Å². The molecule has 2 atom stereocenters. The van der Waals surface area contributed by atoms with Crippen molar-refractivity contribution < 1.29 is 0 Å². The highest BCUT2D eigenvalue weighted by Crippen LogP contribution is 2.35. The molecule has 4 heteroatoms. The first-order valence-corrected chi connectivity index (χ1v) is 8.16. The van der Waals surface area contributed by atoms with E-state index in [1.165, 1.54) is 49.2 Å². The van der Waals surface area contributed by atoms with Gasteiger partial charge in [0.15, 0.2) is 0 Å². The summed E-state index contributed by atoms with van der Waals surface area (Å²) >= 11 is 0. The van der Waals surface area contributed by atoms with Gasteiger partial charge in [0.25, 0.3) is 0 Å². The molecule has 1 saturated heterocycles. The van der Waals surface area contributed by atoms with Crippen LogP contribution in [0.15, 0.2) is 0 Å². The van der Waals surface area contributed by atoms with E-state index in [4.69, 9.17) is 5.10 Å². The van der Waals surface area contributed by atoms with E-state index in [2.05, 4.69) is 42.7 Å². The first-order chi connectivity index (χ1) is 9.61. The molecule has 0 radical (unpaired) electrons. The minimum atomic E-state index is 0.634. The lowest BCUT2D eigenvalue weighted by Gasteiger charge is -2.31. The third-order valence-electron chi connectivity index (χ3n) is 4.96. The van der Waals surface area contributed by atoms with Gasteiger partial charge in [0.2, 0.25) is 0 Å². The predicted octanol–water partition coefficient (Wildman–Crippen LogP) is 2.75. The standard InChI is InChI=1S/C16H28N4/c1-5-14-9-6-11(2)20(14)16-15(10-17-13-7-8-13)12(3)18-19(16)4/h11,13-14,17H,5-10H2,1-4H3. The summed E-state index contributed by atoms with van der Waals surface area (Å²) < 4.78 is 2.10. The molecule has 4 nitrogen and oxygen atoms in total. The molecule has 1 aliphatic heterocycles. The molecule has 0 amide bonds. The predicted molar refractivity (Wildman–Crippen MR) is 83.1 cm³/mol. The van der Waals surface area contributed by atoms with Crippen LogP contribution in [0.1, 0.15) is 57.2 Å². The molecular formula is C16H28N4. The van der Waals surface area contributed by atoms with Gasteiger partial charge in [-0.25, -0.2) is 0 Å². The summed E-state index contributed by atoms with van der Waals surface area (Å²) in [5.41, 5.74) is 2.59. The van der Waals surface area contributed by atoms with Crippen LogP contribution in [0.4, 0.5) is 5.82 Å². The minimum Gasteiger partial charge on any atom is -0.351 e. The summed E-state index contributed by atoms with van der Waals surface area (Å²) in [5.74, 6) is 1.35. The van der Waals surface area contributed by atoms with Crippen molar-refractivity contribution in [3.05, 3.63) is 11.3 Å². The number of anilines is 1. The Kier molecular flexibility index (Phi) is 3.76. The van der Waals surface area contributed by atoms with Crippen molar-refractivity contribution in [3.63, 3.8) is 0 Å². The number of hydrogen-bond donors (Lipinski definition) is 1. The van der Waals surface area contributed by atoms with Crippen molar-refractivity contribution in [2.24, 2.45) is 7.05 Å². The molecule has 1 saturated carbocycles. The Balaban J connectivity index is 1.89. The van der Waals surface area contributed by atoms with E-state index >= 15 is 0 Å². The normalized spacial score (nSPS) is 26.5. The highest BCUT2D eigenvalue weighted by atomic mass is 15.4. The first kappa shape index (κ1) is 13.9. The molecule has 1 aromatic heterocycles. The molecule has 1 aliphatic carbocycles. The van der Waals surface area contributed by atoms with Crippen molar-refractivity contribution in [1.29, 1.82) is 0 Å².